The van der Waals surface area contributed by atoms with Crippen molar-refractivity contribution in [1.82, 2.24) is 9.78 Å². The number of aliphatic hydroxyl groups is 1. The van der Waals surface area contributed by atoms with Gasteiger partial charge in [0.25, 0.3) is 0 Å². The van der Waals surface area contributed by atoms with Crippen LogP contribution in [0.4, 0.5) is 17.6 Å². The number of halogens is 5. The Kier molecular flexibility index (Phi) is 3.75. The van der Waals surface area contributed by atoms with E-state index >= 15 is 0 Å². The fourth-order valence-electron chi connectivity index (χ4n) is 1.81. The average Bonchev–Trinajstić information content (AvgIpc) is 2.66. The number of aryl methyl sites for hydroxylation is 1. The fraction of sp³-hybridized carbons (Fsp3) is 0.250. The van der Waals surface area contributed by atoms with Gasteiger partial charge < -0.3 is 5.11 Å². The van der Waals surface area contributed by atoms with Crippen molar-refractivity contribution in [3.05, 3.63) is 46.0 Å². The second-order valence-electron chi connectivity index (χ2n) is 4.12. The van der Waals surface area contributed by atoms with E-state index in [1.165, 1.54) is 13.0 Å². The van der Waals surface area contributed by atoms with E-state index in [1.807, 2.05) is 0 Å². The number of alkyl halides is 3. The summed E-state index contributed by atoms with van der Waals surface area (Å²) in [5, 5.41) is 12.1. The van der Waals surface area contributed by atoms with Crippen molar-refractivity contribution in [3.63, 3.8) is 0 Å². The molecule has 0 saturated heterocycles. The Bertz CT molecular complexity index is 652. The topological polar surface area (TPSA) is 38.0 Å². The third kappa shape index (κ3) is 2.51. The van der Waals surface area contributed by atoms with Crippen LogP contribution in [-0.2, 0) is 12.8 Å². The first-order chi connectivity index (χ1) is 9.25. The first-order valence-electron chi connectivity index (χ1n) is 5.47. The van der Waals surface area contributed by atoms with Crippen LogP contribution < -0.4 is 0 Å². The zero-order chi connectivity index (χ0) is 15.1. The molecule has 8 heteroatoms. The van der Waals surface area contributed by atoms with E-state index in [0.29, 0.717) is 5.56 Å². The minimum absolute atomic E-state index is 0.210. The molecule has 0 amide bonds. The number of hydrogen-bond acceptors (Lipinski definition) is 2. The van der Waals surface area contributed by atoms with E-state index in [2.05, 4.69) is 5.10 Å². The average molecular weight is 309 g/mol. The van der Waals surface area contributed by atoms with Gasteiger partial charge in [-0.05, 0) is 30.7 Å². The highest BCUT2D eigenvalue weighted by molar-refractivity contribution is 6.30. The molecule has 3 nitrogen and oxygen atoms in total. The molecule has 0 atom stereocenters. The molecule has 2 aromatic rings. The molecule has 0 spiro atoms. The van der Waals surface area contributed by atoms with Crippen LogP contribution in [0.2, 0.25) is 5.15 Å². The molecule has 0 aliphatic rings. The van der Waals surface area contributed by atoms with E-state index in [9.17, 15) is 17.6 Å². The highest BCUT2D eigenvalue weighted by Gasteiger charge is 2.39. The van der Waals surface area contributed by atoms with Crippen molar-refractivity contribution in [2.75, 3.05) is 0 Å². The fourth-order valence-corrected chi connectivity index (χ4v) is 2.09. The normalized spacial score (nSPS) is 11.9. The quantitative estimate of drug-likeness (QED) is 0.863. The number of benzene rings is 1. The minimum Gasteiger partial charge on any atom is -0.391 e. The number of aliphatic hydroxyl groups excluding tert-OH is 1. The van der Waals surface area contributed by atoms with Gasteiger partial charge in [0.1, 0.15) is 11.0 Å². The van der Waals surface area contributed by atoms with Crippen molar-refractivity contribution >= 4 is 11.6 Å². The molecule has 20 heavy (non-hydrogen) atoms. The summed E-state index contributed by atoms with van der Waals surface area (Å²) in [4.78, 5) is 0. The van der Waals surface area contributed by atoms with E-state index in [-0.39, 0.29) is 10.8 Å². The largest absolute Gasteiger partial charge is 0.435 e. The zero-order valence-corrected chi connectivity index (χ0v) is 10.9. The lowest BCUT2D eigenvalue weighted by molar-refractivity contribution is -0.142. The van der Waals surface area contributed by atoms with Crippen LogP contribution in [0.15, 0.2) is 18.2 Å². The minimum atomic E-state index is -4.74. The van der Waals surface area contributed by atoms with Crippen LogP contribution in [0, 0.1) is 12.7 Å². The Morgan fingerprint density at radius 1 is 1.35 bits per heavy atom. The Morgan fingerprint density at radius 3 is 2.45 bits per heavy atom. The number of aromatic nitrogens is 2. The van der Waals surface area contributed by atoms with Crippen LogP contribution in [0.3, 0.4) is 0 Å². The van der Waals surface area contributed by atoms with Gasteiger partial charge in [-0.3, -0.25) is 0 Å². The Balaban J connectivity index is 2.67. The van der Waals surface area contributed by atoms with Gasteiger partial charge in [-0.25, -0.2) is 9.07 Å². The summed E-state index contributed by atoms with van der Waals surface area (Å²) in [6.45, 7) is 0.621. The molecule has 0 aliphatic carbocycles. The summed E-state index contributed by atoms with van der Waals surface area (Å²) in [5.74, 6) is -0.520. The monoisotopic (exact) mass is 308 g/mol. The second-order valence-corrected chi connectivity index (χ2v) is 4.47. The number of rotatable bonds is 2. The van der Waals surface area contributed by atoms with Crippen molar-refractivity contribution in [2.45, 2.75) is 19.7 Å². The standard InChI is InChI=1S/C12H9ClF4N2O/c1-6-4-7(14)2-3-9(6)19-11(13)8(5-20)10(18-19)12(15,16)17/h2-4,20H,5H2,1H3. The molecule has 0 unspecified atom stereocenters. The molecular weight excluding hydrogens is 300 g/mol. The third-order valence-corrected chi connectivity index (χ3v) is 3.12. The van der Waals surface area contributed by atoms with Gasteiger partial charge >= 0.3 is 6.18 Å². The zero-order valence-electron chi connectivity index (χ0n) is 10.2. The summed E-state index contributed by atoms with van der Waals surface area (Å²) in [7, 11) is 0. The van der Waals surface area contributed by atoms with Gasteiger partial charge in [-0.1, -0.05) is 11.6 Å². The molecule has 108 valence electrons. The molecule has 2 rings (SSSR count). The highest BCUT2D eigenvalue weighted by atomic mass is 35.5. The van der Waals surface area contributed by atoms with Crippen LogP contribution in [-0.4, -0.2) is 14.9 Å². The SMILES string of the molecule is Cc1cc(F)ccc1-n1nc(C(F)(F)F)c(CO)c1Cl. The second kappa shape index (κ2) is 5.06. The van der Waals surface area contributed by atoms with E-state index in [0.717, 1.165) is 16.8 Å². The third-order valence-electron chi connectivity index (χ3n) is 2.73. The van der Waals surface area contributed by atoms with E-state index in [4.69, 9.17) is 16.7 Å². The van der Waals surface area contributed by atoms with Crippen LogP contribution >= 0.6 is 11.6 Å². The molecule has 0 radical (unpaired) electrons. The molecule has 1 N–H and O–H groups in total. The predicted molar refractivity (Wildman–Crippen MR) is 64.2 cm³/mol. The van der Waals surface area contributed by atoms with Gasteiger partial charge in [-0.2, -0.15) is 18.3 Å². The lowest BCUT2D eigenvalue weighted by atomic mass is 10.2. The van der Waals surface area contributed by atoms with Gasteiger partial charge in [0.15, 0.2) is 5.69 Å². The maximum absolute atomic E-state index is 13.0. The molecule has 0 aliphatic heterocycles. The summed E-state index contributed by atoms with van der Waals surface area (Å²) in [6.07, 6.45) is -4.74. The lowest BCUT2D eigenvalue weighted by Gasteiger charge is -2.07. The van der Waals surface area contributed by atoms with Gasteiger partial charge in [-0.15, -0.1) is 0 Å². The molecule has 0 fully saturated rings. The van der Waals surface area contributed by atoms with E-state index in [1.54, 1.807) is 0 Å². The molecular formula is C12H9ClF4N2O. The van der Waals surface area contributed by atoms with Crippen LogP contribution in [0.5, 0.6) is 0 Å². The number of hydrogen-bond donors (Lipinski definition) is 1. The predicted octanol–water partition coefficient (Wildman–Crippen LogP) is 3.48. The summed E-state index contributed by atoms with van der Waals surface area (Å²) in [6, 6.07) is 3.51. The van der Waals surface area contributed by atoms with Crippen molar-refractivity contribution in [2.24, 2.45) is 0 Å². The smallest absolute Gasteiger partial charge is 0.391 e. The number of nitrogens with zero attached hydrogens (tertiary/aromatic N) is 2. The highest BCUT2D eigenvalue weighted by Crippen LogP contribution is 2.36. The van der Waals surface area contributed by atoms with Gasteiger partial charge in [0.05, 0.1) is 12.3 Å². The summed E-state index contributed by atoms with van der Waals surface area (Å²) in [5.41, 5.74) is -1.19. The van der Waals surface area contributed by atoms with Crippen molar-refractivity contribution < 1.29 is 22.7 Å². The van der Waals surface area contributed by atoms with Crippen LogP contribution in [0.25, 0.3) is 5.69 Å². The first-order valence-corrected chi connectivity index (χ1v) is 5.85. The maximum Gasteiger partial charge on any atom is 0.435 e. The maximum atomic E-state index is 13.0. The molecule has 0 saturated carbocycles. The van der Waals surface area contributed by atoms with Gasteiger partial charge in [0.2, 0.25) is 0 Å². The van der Waals surface area contributed by atoms with Gasteiger partial charge in [0, 0.05) is 5.56 Å². The summed E-state index contributed by atoms with van der Waals surface area (Å²) < 4.78 is 52.3. The Hall–Kier alpha value is -1.60. The van der Waals surface area contributed by atoms with Crippen molar-refractivity contribution in [3.8, 4) is 5.69 Å². The first kappa shape index (κ1) is 14.8. The Morgan fingerprint density at radius 2 is 2.00 bits per heavy atom. The van der Waals surface area contributed by atoms with Crippen LogP contribution in [0.1, 0.15) is 16.8 Å². The molecule has 1 aromatic carbocycles. The van der Waals surface area contributed by atoms with Crippen molar-refractivity contribution in [1.29, 1.82) is 0 Å². The summed E-state index contributed by atoms with van der Waals surface area (Å²) >= 11 is 5.83. The lowest BCUT2D eigenvalue weighted by Crippen LogP contribution is -2.10. The molecule has 0 bridgehead atoms. The van der Waals surface area contributed by atoms with E-state index < -0.39 is 29.9 Å². The molecule has 1 heterocycles. The Labute approximate surface area is 116 Å². The molecule has 1 aromatic heterocycles.